The molecule has 6 nitrogen and oxygen atoms in total. The van der Waals surface area contributed by atoms with Crippen LogP contribution in [-0.2, 0) is 4.79 Å². The first-order chi connectivity index (χ1) is 13.5. The van der Waals surface area contributed by atoms with Gasteiger partial charge in [0.25, 0.3) is 0 Å². The fourth-order valence-corrected chi connectivity index (χ4v) is 3.80. The molecule has 0 aliphatic carbocycles. The molecule has 1 saturated heterocycles. The number of likely N-dealkylation sites (tertiary alicyclic amines) is 1. The van der Waals surface area contributed by atoms with Gasteiger partial charge in [-0.3, -0.25) is 9.69 Å². The predicted octanol–water partition coefficient (Wildman–Crippen LogP) is 3.81. The molecular formula is C20H21ClFN5O. The third kappa shape index (κ3) is 4.00. The minimum absolute atomic E-state index is 0.00568. The van der Waals surface area contributed by atoms with E-state index in [1.165, 1.54) is 23.8 Å². The molecule has 2 heterocycles. The van der Waals surface area contributed by atoms with Crippen molar-refractivity contribution in [2.24, 2.45) is 0 Å². The second-order valence-electron chi connectivity index (χ2n) is 7.21. The van der Waals surface area contributed by atoms with Gasteiger partial charge in [-0.15, -0.1) is 5.10 Å². The zero-order valence-corrected chi connectivity index (χ0v) is 16.3. The number of piperidine rings is 1. The van der Waals surface area contributed by atoms with Crippen LogP contribution in [0.5, 0.6) is 0 Å². The first kappa shape index (κ1) is 18.8. The topological polar surface area (TPSA) is 63.1 Å². The largest absolute Gasteiger partial charge is 0.325 e. The van der Waals surface area contributed by atoms with E-state index in [-0.39, 0.29) is 17.0 Å². The Kier molecular flexibility index (Phi) is 5.28. The summed E-state index contributed by atoms with van der Waals surface area (Å²) in [6.45, 7) is 3.94. The van der Waals surface area contributed by atoms with Crippen LogP contribution in [0.1, 0.15) is 24.4 Å². The number of halogens is 2. The molecule has 8 heteroatoms. The summed E-state index contributed by atoms with van der Waals surface area (Å²) in [6.07, 6.45) is 1.81. The van der Waals surface area contributed by atoms with Crippen molar-refractivity contribution in [1.29, 1.82) is 0 Å². The summed E-state index contributed by atoms with van der Waals surface area (Å²) in [4.78, 5) is 14.4. The number of carbonyl (C=O) groups is 1. The van der Waals surface area contributed by atoms with Gasteiger partial charge in [0.1, 0.15) is 11.3 Å². The Balaban J connectivity index is 1.33. The summed E-state index contributed by atoms with van der Waals surface area (Å²) in [5, 5.41) is 11.4. The van der Waals surface area contributed by atoms with E-state index in [0.717, 1.165) is 37.0 Å². The molecule has 1 aliphatic rings. The maximum atomic E-state index is 13.2. The zero-order valence-electron chi connectivity index (χ0n) is 15.5. The number of anilines is 1. The summed E-state index contributed by atoms with van der Waals surface area (Å²) in [5.41, 5.74) is 3.63. The van der Waals surface area contributed by atoms with Gasteiger partial charge in [0, 0.05) is 18.8 Å². The molecule has 2 aromatic carbocycles. The average molecular weight is 402 g/mol. The number of nitrogens with one attached hydrogen (secondary N) is 1. The number of carbonyl (C=O) groups excluding carboxylic acids is 1. The van der Waals surface area contributed by atoms with Crippen molar-refractivity contribution >= 4 is 34.2 Å². The third-order valence-electron chi connectivity index (χ3n) is 5.10. The molecule has 0 saturated carbocycles. The van der Waals surface area contributed by atoms with E-state index in [2.05, 4.69) is 32.7 Å². The van der Waals surface area contributed by atoms with Crippen LogP contribution >= 0.6 is 11.6 Å². The minimum atomic E-state index is -0.502. The van der Waals surface area contributed by atoms with Gasteiger partial charge in [-0.2, -0.15) is 0 Å². The summed E-state index contributed by atoms with van der Waals surface area (Å²) >= 11 is 5.75. The fraction of sp³-hybridized carbons (Fsp3) is 0.350. The van der Waals surface area contributed by atoms with Gasteiger partial charge in [-0.05, 0) is 55.7 Å². The highest BCUT2D eigenvalue weighted by Gasteiger charge is 2.24. The molecule has 1 amide bonds. The highest BCUT2D eigenvalue weighted by atomic mass is 35.5. The molecule has 0 unspecified atom stereocenters. The number of aryl methyl sites for hydroxylation is 1. The van der Waals surface area contributed by atoms with E-state index < -0.39 is 5.82 Å². The number of benzene rings is 2. The van der Waals surface area contributed by atoms with Crippen LogP contribution in [0, 0.1) is 12.7 Å². The van der Waals surface area contributed by atoms with Crippen LogP contribution in [-0.4, -0.2) is 45.4 Å². The van der Waals surface area contributed by atoms with E-state index in [4.69, 9.17) is 11.6 Å². The molecule has 0 bridgehead atoms. The molecule has 1 aromatic heterocycles. The van der Waals surface area contributed by atoms with E-state index in [9.17, 15) is 9.18 Å². The number of rotatable bonds is 4. The van der Waals surface area contributed by atoms with E-state index in [1.54, 1.807) is 0 Å². The summed E-state index contributed by atoms with van der Waals surface area (Å²) < 4.78 is 15.2. The second kappa shape index (κ2) is 7.85. The van der Waals surface area contributed by atoms with Crippen molar-refractivity contribution in [3.8, 4) is 0 Å². The smallest absolute Gasteiger partial charge is 0.238 e. The van der Waals surface area contributed by atoms with Crippen LogP contribution in [0.15, 0.2) is 36.4 Å². The lowest BCUT2D eigenvalue weighted by Gasteiger charge is -2.31. The average Bonchev–Trinajstić information content (AvgIpc) is 3.08. The molecule has 4 rings (SSSR count). The standard InChI is InChI=1S/C20H21ClFN5O/c1-13-2-5-19-18(10-13)24-25-27(19)15-6-8-26(9-7-15)12-20(28)23-14-3-4-17(22)16(21)11-14/h2-5,10-11,15H,6-9,12H2,1H3,(H,23,28). The van der Waals surface area contributed by atoms with Gasteiger partial charge in [-0.25, -0.2) is 9.07 Å². The lowest BCUT2D eigenvalue weighted by molar-refractivity contribution is -0.117. The molecule has 0 spiro atoms. The fourth-order valence-electron chi connectivity index (χ4n) is 3.62. The Bertz CT molecular complexity index is 1010. The van der Waals surface area contributed by atoms with Crippen molar-refractivity contribution in [1.82, 2.24) is 19.9 Å². The highest BCUT2D eigenvalue weighted by molar-refractivity contribution is 6.31. The molecule has 3 aromatic rings. The van der Waals surface area contributed by atoms with Crippen LogP contribution < -0.4 is 5.32 Å². The first-order valence-electron chi connectivity index (χ1n) is 9.28. The van der Waals surface area contributed by atoms with Crippen molar-refractivity contribution in [3.63, 3.8) is 0 Å². The lowest BCUT2D eigenvalue weighted by Crippen LogP contribution is -2.39. The number of fused-ring (bicyclic) bond motifs is 1. The zero-order chi connectivity index (χ0) is 19.7. The van der Waals surface area contributed by atoms with Crippen LogP contribution in [0.4, 0.5) is 10.1 Å². The first-order valence-corrected chi connectivity index (χ1v) is 9.66. The molecule has 0 radical (unpaired) electrons. The Morgan fingerprint density at radius 1 is 1.25 bits per heavy atom. The Labute approximate surface area is 167 Å². The van der Waals surface area contributed by atoms with E-state index in [1.807, 2.05) is 17.7 Å². The van der Waals surface area contributed by atoms with Crippen LogP contribution in [0.25, 0.3) is 11.0 Å². The van der Waals surface area contributed by atoms with Gasteiger partial charge < -0.3 is 5.32 Å². The predicted molar refractivity (Wildman–Crippen MR) is 107 cm³/mol. The van der Waals surface area contributed by atoms with Gasteiger partial charge in [0.15, 0.2) is 0 Å². The van der Waals surface area contributed by atoms with Gasteiger partial charge in [0.2, 0.25) is 5.91 Å². The van der Waals surface area contributed by atoms with Crippen molar-refractivity contribution < 1.29 is 9.18 Å². The minimum Gasteiger partial charge on any atom is -0.325 e. The van der Waals surface area contributed by atoms with Crippen molar-refractivity contribution in [3.05, 3.63) is 52.8 Å². The lowest BCUT2D eigenvalue weighted by atomic mass is 10.0. The maximum absolute atomic E-state index is 13.2. The second-order valence-corrected chi connectivity index (χ2v) is 7.62. The molecule has 1 aliphatic heterocycles. The maximum Gasteiger partial charge on any atom is 0.238 e. The number of hydrogen-bond acceptors (Lipinski definition) is 4. The number of nitrogens with zero attached hydrogens (tertiary/aromatic N) is 4. The normalized spacial score (nSPS) is 15.8. The Morgan fingerprint density at radius 2 is 2.04 bits per heavy atom. The van der Waals surface area contributed by atoms with E-state index >= 15 is 0 Å². The summed E-state index contributed by atoms with van der Waals surface area (Å²) in [6, 6.07) is 10.6. The van der Waals surface area contributed by atoms with Gasteiger partial charge in [0.05, 0.1) is 23.1 Å². The highest BCUT2D eigenvalue weighted by Crippen LogP contribution is 2.26. The van der Waals surface area contributed by atoms with E-state index in [0.29, 0.717) is 12.2 Å². The Hall–Kier alpha value is -2.51. The van der Waals surface area contributed by atoms with Gasteiger partial charge >= 0.3 is 0 Å². The van der Waals surface area contributed by atoms with Crippen LogP contribution in [0.3, 0.4) is 0 Å². The molecule has 0 atom stereocenters. The van der Waals surface area contributed by atoms with Crippen molar-refractivity contribution in [2.45, 2.75) is 25.8 Å². The third-order valence-corrected chi connectivity index (χ3v) is 5.39. The molecule has 1 N–H and O–H groups in total. The summed E-state index contributed by atoms with van der Waals surface area (Å²) in [5.74, 6) is -0.639. The molecule has 28 heavy (non-hydrogen) atoms. The number of amides is 1. The molecule has 1 fully saturated rings. The quantitative estimate of drug-likeness (QED) is 0.722. The van der Waals surface area contributed by atoms with Crippen molar-refractivity contribution in [2.75, 3.05) is 25.0 Å². The SMILES string of the molecule is Cc1ccc2c(c1)nnn2C1CCN(CC(=O)Nc2ccc(F)c(Cl)c2)CC1. The Morgan fingerprint density at radius 3 is 2.79 bits per heavy atom. The molecule has 146 valence electrons. The monoisotopic (exact) mass is 401 g/mol. The number of aromatic nitrogens is 3. The van der Waals surface area contributed by atoms with Gasteiger partial charge in [-0.1, -0.05) is 22.9 Å². The molecular weight excluding hydrogens is 381 g/mol. The van der Waals surface area contributed by atoms with Crippen LogP contribution in [0.2, 0.25) is 5.02 Å². The summed E-state index contributed by atoms with van der Waals surface area (Å²) in [7, 11) is 0. The number of hydrogen-bond donors (Lipinski definition) is 1.